The highest BCUT2D eigenvalue weighted by Gasteiger charge is 2.50. The number of anilines is 1. The van der Waals surface area contributed by atoms with E-state index >= 15 is 0 Å². The molecule has 32 heavy (non-hydrogen) atoms. The maximum Gasteiger partial charge on any atom is 0.319 e. The van der Waals surface area contributed by atoms with Crippen LogP contribution in [0.4, 0.5) is 10.5 Å². The first-order valence-corrected chi connectivity index (χ1v) is 11.7. The number of aliphatic carboxylic acids is 1. The monoisotopic (exact) mass is 438 g/mol. The van der Waals surface area contributed by atoms with E-state index in [9.17, 15) is 14.7 Å². The summed E-state index contributed by atoms with van der Waals surface area (Å²) >= 11 is 0. The predicted octanol–water partition coefficient (Wildman–Crippen LogP) is 6.50. The van der Waals surface area contributed by atoms with Crippen LogP contribution in [-0.4, -0.2) is 23.7 Å². The van der Waals surface area contributed by atoms with Gasteiger partial charge in [-0.25, -0.2) is 4.79 Å². The van der Waals surface area contributed by atoms with Crippen LogP contribution in [0.25, 0.3) is 0 Å². The van der Waals surface area contributed by atoms with Crippen LogP contribution < -0.4 is 10.6 Å². The molecule has 0 radical (unpaired) electrons. The van der Waals surface area contributed by atoms with E-state index in [1.54, 1.807) is 0 Å². The van der Waals surface area contributed by atoms with Gasteiger partial charge in [-0.15, -0.1) is 0 Å². The molecule has 2 atom stereocenters. The van der Waals surface area contributed by atoms with Crippen molar-refractivity contribution in [2.45, 2.75) is 73.1 Å². The highest BCUT2D eigenvalue weighted by molar-refractivity contribution is 5.89. The van der Waals surface area contributed by atoms with Gasteiger partial charge in [0.15, 0.2) is 0 Å². The zero-order valence-electron chi connectivity index (χ0n) is 20.3. The lowest BCUT2D eigenvalue weighted by molar-refractivity contribution is -0.147. The molecule has 0 saturated carbocycles. The largest absolute Gasteiger partial charge is 0.481 e. The summed E-state index contributed by atoms with van der Waals surface area (Å²) in [6, 6.07) is 7.32. The number of hydrogen-bond donors (Lipinski definition) is 3. The van der Waals surface area contributed by atoms with Gasteiger partial charge < -0.3 is 15.7 Å². The number of hydrogen-bond acceptors (Lipinski definition) is 2. The number of nitrogens with one attached hydrogen (secondary N) is 2. The highest BCUT2D eigenvalue weighted by atomic mass is 16.4. The minimum atomic E-state index is -0.989. The zero-order valence-corrected chi connectivity index (χ0v) is 20.3. The summed E-state index contributed by atoms with van der Waals surface area (Å²) in [5.74, 6) is -0.998. The summed E-state index contributed by atoms with van der Waals surface area (Å²) < 4.78 is 0. The molecule has 0 saturated heterocycles. The third-order valence-corrected chi connectivity index (χ3v) is 7.64. The van der Waals surface area contributed by atoms with E-state index in [-0.39, 0.29) is 22.8 Å². The summed E-state index contributed by atoms with van der Waals surface area (Å²) in [5.41, 5.74) is 3.33. The Morgan fingerprint density at radius 1 is 1.06 bits per heavy atom. The first-order chi connectivity index (χ1) is 14.9. The quantitative estimate of drug-likeness (QED) is 0.475. The SMILES string of the molecule is CCCNC(=O)Nc1ccc(C(C)C2(C(=O)O)C=CC3=C(C2)C(C)(C)CCC3(C)C)cc1. The maximum absolute atomic E-state index is 12.7. The molecule has 3 N–H and O–H groups in total. The van der Waals surface area contributed by atoms with E-state index in [0.29, 0.717) is 18.7 Å². The number of carboxylic acid groups (broad SMARTS) is 1. The van der Waals surface area contributed by atoms with Crippen LogP contribution in [0.15, 0.2) is 47.6 Å². The number of urea groups is 1. The predicted molar refractivity (Wildman–Crippen MR) is 130 cm³/mol. The first kappa shape index (κ1) is 24.1. The third kappa shape index (κ3) is 4.48. The van der Waals surface area contributed by atoms with E-state index in [1.807, 2.05) is 44.2 Å². The Bertz CT molecular complexity index is 940. The fourth-order valence-electron chi connectivity index (χ4n) is 5.12. The number of rotatable bonds is 6. The summed E-state index contributed by atoms with van der Waals surface area (Å²) in [6.07, 6.45) is 7.62. The number of carboxylic acids is 1. The van der Waals surface area contributed by atoms with Crippen LogP contribution in [0.5, 0.6) is 0 Å². The van der Waals surface area contributed by atoms with Crippen LogP contribution in [-0.2, 0) is 4.79 Å². The molecule has 2 aliphatic rings. The van der Waals surface area contributed by atoms with Gasteiger partial charge in [0.2, 0.25) is 0 Å². The molecule has 0 spiro atoms. The Morgan fingerprint density at radius 3 is 2.28 bits per heavy atom. The fourth-order valence-corrected chi connectivity index (χ4v) is 5.12. The van der Waals surface area contributed by atoms with Crippen molar-refractivity contribution in [3.8, 4) is 0 Å². The van der Waals surface area contributed by atoms with Gasteiger partial charge in [-0.1, -0.05) is 71.4 Å². The van der Waals surface area contributed by atoms with Gasteiger partial charge in [-0.05, 0) is 59.8 Å². The molecule has 1 aromatic rings. The molecule has 0 aromatic heterocycles. The van der Waals surface area contributed by atoms with Crippen molar-refractivity contribution in [2.75, 3.05) is 11.9 Å². The lowest BCUT2D eigenvalue weighted by Crippen LogP contribution is -2.41. The Kier molecular flexibility index (Phi) is 6.60. The molecule has 0 aliphatic heterocycles. The zero-order chi connectivity index (χ0) is 23.7. The van der Waals surface area contributed by atoms with E-state index in [1.165, 1.54) is 11.1 Å². The second-order valence-corrected chi connectivity index (χ2v) is 10.7. The summed E-state index contributed by atoms with van der Waals surface area (Å²) in [6.45, 7) is 13.7. The molecule has 2 amide bonds. The second kappa shape index (κ2) is 8.76. The molecule has 5 heteroatoms. The highest BCUT2D eigenvalue weighted by Crippen LogP contribution is 2.57. The normalized spacial score (nSPS) is 24.4. The van der Waals surface area contributed by atoms with Crippen molar-refractivity contribution >= 4 is 17.7 Å². The molecular formula is C27H38N2O3. The minimum Gasteiger partial charge on any atom is -0.481 e. The lowest BCUT2D eigenvalue weighted by Gasteiger charge is -2.48. The van der Waals surface area contributed by atoms with E-state index in [2.05, 4.69) is 44.4 Å². The number of benzene rings is 1. The van der Waals surface area contributed by atoms with Gasteiger partial charge in [0.25, 0.3) is 0 Å². The molecule has 2 aliphatic carbocycles. The van der Waals surface area contributed by atoms with Crippen molar-refractivity contribution in [2.24, 2.45) is 16.2 Å². The summed E-state index contributed by atoms with van der Waals surface area (Å²) in [5, 5.41) is 16.0. The van der Waals surface area contributed by atoms with Gasteiger partial charge in [-0.2, -0.15) is 0 Å². The third-order valence-electron chi connectivity index (χ3n) is 7.64. The second-order valence-electron chi connectivity index (χ2n) is 10.7. The Hall–Kier alpha value is -2.56. The van der Waals surface area contributed by atoms with E-state index in [0.717, 1.165) is 24.8 Å². The van der Waals surface area contributed by atoms with Gasteiger partial charge in [0, 0.05) is 18.2 Å². The molecule has 0 bridgehead atoms. The average molecular weight is 439 g/mol. The standard InChI is InChI=1S/C27H38N2O3/c1-7-16-28-24(32)29-20-10-8-19(9-11-20)18(2)27(23(30)31)13-12-21-22(17-27)26(5,6)15-14-25(21,3)4/h8-13,18H,7,14-17H2,1-6H3,(H,30,31)(H2,28,29,32). The molecule has 0 heterocycles. The van der Waals surface area contributed by atoms with Gasteiger partial charge in [0.05, 0.1) is 5.41 Å². The topological polar surface area (TPSA) is 78.4 Å². The van der Waals surface area contributed by atoms with Gasteiger partial charge >= 0.3 is 12.0 Å². The molecule has 0 fully saturated rings. The molecule has 174 valence electrons. The first-order valence-electron chi connectivity index (χ1n) is 11.7. The Balaban J connectivity index is 1.88. The number of allylic oxidation sites excluding steroid dienone is 3. The minimum absolute atomic E-state index is 0.00430. The number of carbonyl (C=O) groups is 2. The smallest absolute Gasteiger partial charge is 0.319 e. The molecule has 2 unspecified atom stereocenters. The van der Waals surface area contributed by atoms with Crippen molar-refractivity contribution in [3.05, 3.63) is 53.1 Å². The molecule has 5 nitrogen and oxygen atoms in total. The van der Waals surface area contributed by atoms with Crippen molar-refractivity contribution in [3.63, 3.8) is 0 Å². The van der Waals surface area contributed by atoms with Crippen LogP contribution in [0.2, 0.25) is 0 Å². The van der Waals surface area contributed by atoms with Crippen LogP contribution >= 0.6 is 0 Å². The van der Waals surface area contributed by atoms with E-state index in [4.69, 9.17) is 0 Å². The van der Waals surface area contributed by atoms with Crippen LogP contribution in [0, 0.1) is 16.2 Å². The van der Waals surface area contributed by atoms with Crippen molar-refractivity contribution in [1.29, 1.82) is 0 Å². The fraction of sp³-hybridized carbons (Fsp3) is 0.556. The summed E-state index contributed by atoms with van der Waals surface area (Å²) in [7, 11) is 0. The lowest BCUT2D eigenvalue weighted by atomic mass is 9.55. The van der Waals surface area contributed by atoms with Crippen molar-refractivity contribution < 1.29 is 14.7 Å². The Labute approximate surface area is 192 Å². The Morgan fingerprint density at radius 2 is 1.69 bits per heavy atom. The van der Waals surface area contributed by atoms with Gasteiger partial charge in [0.1, 0.15) is 0 Å². The molecular weight excluding hydrogens is 400 g/mol. The average Bonchev–Trinajstić information content (AvgIpc) is 2.75. The maximum atomic E-state index is 12.7. The number of carbonyl (C=O) groups excluding carboxylic acids is 1. The summed E-state index contributed by atoms with van der Waals surface area (Å²) in [4.78, 5) is 24.6. The van der Waals surface area contributed by atoms with E-state index < -0.39 is 11.4 Å². The van der Waals surface area contributed by atoms with Crippen LogP contribution in [0.3, 0.4) is 0 Å². The number of amides is 2. The van der Waals surface area contributed by atoms with Crippen molar-refractivity contribution in [1.82, 2.24) is 5.32 Å². The molecule has 1 aromatic carbocycles. The van der Waals surface area contributed by atoms with Gasteiger partial charge in [-0.3, -0.25) is 4.79 Å². The van der Waals surface area contributed by atoms with Crippen LogP contribution in [0.1, 0.15) is 78.7 Å². The molecule has 3 rings (SSSR count).